The van der Waals surface area contributed by atoms with E-state index in [1.165, 1.54) is 0 Å². The molecule has 106 valence electrons. The van der Waals surface area contributed by atoms with Gasteiger partial charge in [0.15, 0.2) is 0 Å². The van der Waals surface area contributed by atoms with Crippen LogP contribution in [-0.4, -0.2) is 43.4 Å². The number of carboxylic acids is 1. The van der Waals surface area contributed by atoms with Crippen molar-refractivity contribution in [2.45, 2.75) is 33.2 Å². The summed E-state index contributed by atoms with van der Waals surface area (Å²) < 4.78 is 5.01. The molecule has 0 saturated carbocycles. The second-order valence-corrected chi connectivity index (χ2v) is 4.60. The minimum atomic E-state index is -0.893. The Labute approximate surface area is 108 Å². The second kappa shape index (κ2) is 8.74. The predicted molar refractivity (Wildman–Crippen MR) is 68.5 cm³/mol. The molecule has 0 heterocycles. The van der Waals surface area contributed by atoms with Gasteiger partial charge >= 0.3 is 12.0 Å². The summed E-state index contributed by atoms with van der Waals surface area (Å²) in [6.07, 6.45) is 0.487. The van der Waals surface area contributed by atoms with Gasteiger partial charge in [-0.1, -0.05) is 20.8 Å². The molecule has 3 N–H and O–H groups in total. The molecule has 0 aromatic carbocycles. The number of methoxy groups -OCH3 is 1. The van der Waals surface area contributed by atoms with Crippen LogP contribution in [0.15, 0.2) is 0 Å². The first kappa shape index (κ1) is 16.7. The zero-order valence-corrected chi connectivity index (χ0v) is 11.5. The molecule has 2 unspecified atom stereocenters. The largest absolute Gasteiger partial charge is 0.481 e. The summed E-state index contributed by atoms with van der Waals surface area (Å²) in [6.45, 7) is 6.31. The van der Waals surface area contributed by atoms with Crippen molar-refractivity contribution in [2.75, 3.05) is 20.3 Å². The minimum Gasteiger partial charge on any atom is -0.481 e. The molecule has 0 saturated heterocycles. The van der Waals surface area contributed by atoms with Crippen molar-refractivity contribution in [1.29, 1.82) is 0 Å². The molecule has 18 heavy (non-hydrogen) atoms. The lowest BCUT2D eigenvalue weighted by Crippen LogP contribution is -2.48. The van der Waals surface area contributed by atoms with Gasteiger partial charge in [0.25, 0.3) is 0 Å². The zero-order valence-electron chi connectivity index (χ0n) is 11.5. The molecule has 0 rings (SSSR count). The van der Waals surface area contributed by atoms with Crippen molar-refractivity contribution in [3.8, 4) is 0 Å². The van der Waals surface area contributed by atoms with Gasteiger partial charge in [-0.05, 0) is 12.3 Å². The van der Waals surface area contributed by atoms with Gasteiger partial charge in [0, 0.05) is 13.7 Å². The molecule has 0 radical (unpaired) electrons. The van der Waals surface area contributed by atoms with E-state index in [2.05, 4.69) is 10.6 Å². The van der Waals surface area contributed by atoms with Crippen LogP contribution in [0.1, 0.15) is 27.2 Å². The molecule has 0 spiro atoms. The summed E-state index contributed by atoms with van der Waals surface area (Å²) in [7, 11) is 1.58. The number of amides is 2. The average molecular weight is 260 g/mol. The van der Waals surface area contributed by atoms with Crippen LogP contribution in [0.4, 0.5) is 4.79 Å². The third-order valence-electron chi connectivity index (χ3n) is 2.82. The topological polar surface area (TPSA) is 87.7 Å². The van der Waals surface area contributed by atoms with Crippen LogP contribution >= 0.6 is 0 Å². The summed E-state index contributed by atoms with van der Waals surface area (Å²) in [5.74, 6) is -1.19. The maximum Gasteiger partial charge on any atom is 0.315 e. The van der Waals surface area contributed by atoms with Crippen LogP contribution in [0.2, 0.25) is 0 Å². The van der Waals surface area contributed by atoms with E-state index in [1.54, 1.807) is 14.0 Å². The number of carbonyl (C=O) groups excluding carboxylic acids is 1. The van der Waals surface area contributed by atoms with Crippen LogP contribution in [0.5, 0.6) is 0 Å². The Bertz CT molecular complexity index is 269. The van der Waals surface area contributed by atoms with Gasteiger partial charge in [0.1, 0.15) is 0 Å². The number of aliphatic carboxylic acids is 1. The minimum absolute atomic E-state index is 0.0834. The Hall–Kier alpha value is -1.30. The molecule has 0 bridgehead atoms. The quantitative estimate of drug-likeness (QED) is 0.609. The van der Waals surface area contributed by atoms with Crippen molar-refractivity contribution in [2.24, 2.45) is 11.8 Å². The Morgan fingerprint density at radius 3 is 2.33 bits per heavy atom. The number of carbonyl (C=O) groups is 2. The molecule has 0 fully saturated rings. The van der Waals surface area contributed by atoms with E-state index in [1.807, 2.05) is 13.8 Å². The first-order chi connectivity index (χ1) is 8.42. The second-order valence-electron chi connectivity index (χ2n) is 4.60. The van der Waals surface area contributed by atoms with Crippen molar-refractivity contribution in [3.05, 3.63) is 0 Å². The van der Waals surface area contributed by atoms with Gasteiger partial charge in [-0.25, -0.2) is 4.79 Å². The van der Waals surface area contributed by atoms with Crippen molar-refractivity contribution >= 4 is 12.0 Å². The Morgan fingerprint density at radius 1 is 1.33 bits per heavy atom. The van der Waals surface area contributed by atoms with Gasteiger partial charge in [-0.2, -0.15) is 0 Å². The van der Waals surface area contributed by atoms with Crippen molar-refractivity contribution in [3.63, 3.8) is 0 Å². The van der Waals surface area contributed by atoms with Gasteiger partial charge in [0.2, 0.25) is 0 Å². The highest BCUT2D eigenvalue weighted by Crippen LogP contribution is 2.03. The lowest BCUT2D eigenvalue weighted by atomic mass is 10.1. The van der Waals surface area contributed by atoms with Crippen LogP contribution in [0, 0.1) is 11.8 Å². The molecule has 0 aliphatic heterocycles. The third kappa shape index (κ3) is 6.44. The average Bonchev–Trinajstić information content (AvgIpc) is 2.28. The fraction of sp³-hybridized carbons (Fsp3) is 0.833. The summed E-state index contributed by atoms with van der Waals surface area (Å²) >= 11 is 0. The molecule has 6 nitrogen and oxygen atoms in total. The van der Waals surface area contributed by atoms with Crippen LogP contribution < -0.4 is 10.6 Å². The summed E-state index contributed by atoms with van der Waals surface area (Å²) in [5.41, 5.74) is 0. The maximum absolute atomic E-state index is 11.6. The first-order valence-corrected chi connectivity index (χ1v) is 6.18. The van der Waals surface area contributed by atoms with Gasteiger partial charge < -0.3 is 20.5 Å². The summed E-state index contributed by atoms with van der Waals surface area (Å²) in [4.78, 5) is 22.4. The first-order valence-electron chi connectivity index (χ1n) is 6.18. The predicted octanol–water partition coefficient (Wildman–Crippen LogP) is 1.07. The third-order valence-corrected chi connectivity index (χ3v) is 2.82. The summed E-state index contributed by atoms with van der Waals surface area (Å²) in [5, 5.41) is 14.2. The van der Waals surface area contributed by atoms with E-state index in [9.17, 15) is 9.59 Å². The van der Waals surface area contributed by atoms with Crippen molar-refractivity contribution < 1.29 is 19.4 Å². The molecule has 0 aliphatic carbocycles. The molecule has 6 heteroatoms. The van der Waals surface area contributed by atoms with Crippen molar-refractivity contribution in [1.82, 2.24) is 10.6 Å². The smallest absolute Gasteiger partial charge is 0.315 e. The number of nitrogens with one attached hydrogen (secondary N) is 2. The lowest BCUT2D eigenvalue weighted by Gasteiger charge is -2.22. The number of rotatable bonds is 8. The Kier molecular flexibility index (Phi) is 8.11. The number of urea groups is 1. The molecule has 0 aromatic heterocycles. The number of hydrogen-bond acceptors (Lipinski definition) is 3. The van der Waals surface area contributed by atoms with E-state index in [4.69, 9.17) is 9.84 Å². The Morgan fingerprint density at radius 2 is 1.94 bits per heavy atom. The Balaban J connectivity index is 4.12. The molecule has 2 atom stereocenters. The molecule has 2 amide bonds. The highest BCUT2D eigenvalue weighted by molar-refractivity contribution is 5.76. The normalized spacial score (nSPS) is 14.1. The van der Waals surface area contributed by atoms with Crippen LogP contribution in [0.3, 0.4) is 0 Å². The number of ether oxygens (including phenoxy) is 1. The van der Waals surface area contributed by atoms with E-state index in [0.717, 1.165) is 0 Å². The zero-order chi connectivity index (χ0) is 14.1. The highest BCUT2D eigenvalue weighted by Gasteiger charge is 2.18. The molecular weight excluding hydrogens is 236 g/mol. The number of hydrogen-bond donors (Lipinski definition) is 3. The van der Waals surface area contributed by atoms with Gasteiger partial charge in [0.05, 0.1) is 18.6 Å². The van der Waals surface area contributed by atoms with E-state index >= 15 is 0 Å². The summed E-state index contributed by atoms with van der Waals surface area (Å²) in [6, 6.07) is -0.439. The fourth-order valence-electron chi connectivity index (χ4n) is 1.42. The molecular formula is C12H24N2O4. The van der Waals surface area contributed by atoms with Crippen LogP contribution in [-0.2, 0) is 9.53 Å². The molecule has 0 aromatic rings. The van der Waals surface area contributed by atoms with E-state index in [0.29, 0.717) is 13.0 Å². The standard InChI is InChI=1S/C12H24N2O4/c1-5-9(11(15)16)6-13-12(17)14-10(7-18-4)8(2)3/h8-10H,5-7H2,1-4H3,(H,15,16)(H2,13,14,17). The molecule has 0 aliphatic rings. The highest BCUT2D eigenvalue weighted by atomic mass is 16.5. The van der Waals surface area contributed by atoms with Gasteiger partial charge in [-0.3, -0.25) is 4.79 Å². The number of carboxylic acid groups (broad SMARTS) is 1. The van der Waals surface area contributed by atoms with E-state index < -0.39 is 11.9 Å². The van der Waals surface area contributed by atoms with E-state index in [-0.39, 0.29) is 24.5 Å². The maximum atomic E-state index is 11.6. The SMILES string of the molecule is CCC(CNC(=O)NC(COC)C(C)C)C(=O)O. The monoisotopic (exact) mass is 260 g/mol. The van der Waals surface area contributed by atoms with Gasteiger partial charge in [-0.15, -0.1) is 0 Å². The fourth-order valence-corrected chi connectivity index (χ4v) is 1.42. The van der Waals surface area contributed by atoms with Crippen LogP contribution in [0.25, 0.3) is 0 Å². The lowest BCUT2D eigenvalue weighted by molar-refractivity contribution is -0.141.